The molecule has 3 rings (SSSR count). The first-order valence-electron chi connectivity index (χ1n) is 9.02. The zero-order valence-corrected chi connectivity index (χ0v) is 18.7. The van der Waals surface area contributed by atoms with Gasteiger partial charge in [0.25, 0.3) is 0 Å². The molecule has 3 aromatic rings. The lowest BCUT2D eigenvalue weighted by Gasteiger charge is -2.27. The fourth-order valence-electron chi connectivity index (χ4n) is 3.35. The van der Waals surface area contributed by atoms with Gasteiger partial charge in [-0.2, -0.15) is 0 Å². The van der Waals surface area contributed by atoms with Crippen LogP contribution < -0.4 is 21.6 Å². The van der Waals surface area contributed by atoms with E-state index in [9.17, 15) is 4.79 Å². The average Bonchev–Trinajstić information content (AvgIpc) is 2.75. The summed E-state index contributed by atoms with van der Waals surface area (Å²) >= 11 is 2.94. The number of allylic oxidation sites excluding steroid dienone is 2. The average molecular weight is 455 g/mol. The molecule has 0 amide bonds. The highest BCUT2D eigenvalue weighted by molar-refractivity contribution is 9.08. The number of carbonyl (C=O) groups is 1. The molecule has 28 heavy (non-hydrogen) atoms. The molecule has 0 fully saturated rings. The lowest BCUT2D eigenvalue weighted by Crippen LogP contribution is -2.35. The van der Waals surface area contributed by atoms with Gasteiger partial charge in [-0.1, -0.05) is 70.5 Å². The Bertz CT molecular complexity index is 799. The maximum atomic E-state index is 11.6. The van der Waals surface area contributed by atoms with E-state index in [1.54, 1.807) is 13.0 Å². The van der Waals surface area contributed by atoms with Crippen LogP contribution >= 0.6 is 23.2 Å². The van der Waals surface area contributed by atoms with Crippen LogP contribution in [0.25, 0.3) is 0 Å². The van der Waals surface area contributed by atoms with Crippen molar-refractivity contribution in [2.45, 2.75) is 6.92 Å². The number of halogens is 1. The smallest absolute Gasteiger partial charge is 0.154 e. The number of hydrogen-bond donors (Lipinski definition) is 1. The van der Waals surface area contributed by atoms with Crippen molar-refractivity contribution in [3.05, 3.63) is 103 Å². The molecule has 2 nitrogen and oxygen atoms in total. The van der Waals surface area contributed by atoms with E-state index in [0.717, 1.165) is 0 Å². The Labute approximate surface area is 177 Å². The topological polar surface area (TPSA) is 43.1 Å². The predicted octanol–water partition coefficient (Wildman–Crippen LogP) is 4.42. The first kappa shape index (κ1) is 22.1. The molecule has 144 valence electrons. The molecular formula is C24H26BrNOP+. The van der Waals surface area contributed by atoms with Gasteiger partial charge in [0, 0.05) is 6.08 Å². The van der Waals surface area contributed by atoms with Crippen LogP contribution in [0.5, 0.6) is 0 Å². The van der Waals surface area contributed by atoms with Crippen LogP contribution in [-0.4, -0.2) is 17.8 Å². The maximum Gasteiger partial charge on any atom is 0.154 e. The molecule has 0 bridgehead atoms. The number of carbonyl (C=O) groups excluding carboxylic acids is 1. The third-order valence-corrected chi connectivity index (χ3v) is 8.78. The molecule has 0 aromatic heterocycles. The Morgan fingerprint density at radius 3 is 1.39 bits per heavy atom. The minimum atomic E-state index is -2.01. The Balaban J connectivity index is 0.00000136. The molecule has 4 heteroatoms. The number of ketones is 1. The SMILES string of the molecule is CBr.CC(=O)/C=C(\N)C[P+](c1ccccc1)(c1ccccc1)c1ccccc1. The van der Waals surface area contributed by atoms with Crippen molar-refractivity contribution in [1.29, 1.82) is 0 Å². The van der Waals surface area contributed by atoms with E-state index >= 15 is 0 Å². The maximum absolute atomic E-state index is 11.6. The molecule has 0 heterocycles. The van der Waals surface area contributed by atoms with Gasteiger partial charge in [-0.3, -0.25) is 4.79 Å². The Morgan fingerprint density at radius 2 is 1.11 bits per heavy atom. The summed E-state index contributed by atoms with van der Waals surface area (Å²) in [6.07, 6.45) is 2.20. The summed E-state index contributed by atoms with van der Waals surface area (Å²) < 4.78 is 0. The van der Waals surface area contributed by atoms with Gasteiger partial charge in [0.15, 0.2) is 5.78 Å². The minimum Gasteiger partial charge on any atom is -0.399 e. The van der Waals surface area contributed by atoms with Crippen LogP contribution in [0.4, 0.5) is 0 Å². The van der Waals surface area contributed by atoms with Crippen molar-refractivity contribution >= 4 is 44.9 Å². The van der Waals surface area contributed by atoms with Gasteiger partial charge in [0.1, 0.15) is 29.3 Å². The van der Waals surface area contributed by atoms with Crippen LogP contribution in [0.1, 0.15) is 6.92 Å². The zero-order chi connectivity index (χ0) is 20.4. The number of rotatable bonds is 6. The van der Waals surface area contributed by atoms with E-state index in [-0.39, 0.29) is 5.78 Å². The lowest BCUT2D eigenvalue weighted by molar-refractivity contribution is -0.112. The van der Waals surface area contributed by atoms with Crippen molar-refractivity contribution in [2.75, 3.05) is 12.0 Å². The quantitative estimate of drug-likeness (QED) is 0.340. The summed E-state index contributed by atoms with van der Waals surface area (Å²) in [4.78, 5) is 11.6. The zero-order valence-electron chi connectivity index (χ0n) is 16.3. The van der Waals surface area contributed by atoms with Crippen molar-refractivity contribution in [3.8, 4) is 0 Å². The van der Waals surface area contributed by atoms with Gasteiger partial charge >= 0.3 is 0 Å². The first-order chi connectivity index (χ1) is 13.6. The van der Waals surface area contributed by atoms with Gasteiger partial charge in [0.2, 0.25) is 0 Å². The lowest BCUT2D eigenvalue weighted by atomic mass is 10.3. The van der Waals surface area contributed by atoms with Crippen molar-refractivity contribution in [3.63, 3.8) is 0 Å². The molecule has 0 unspecified atom stereocenters. The summed E-state index contributed by atoms with van der Waals surface area (Å²) in [5.74, 6) is 1.79. The van der Waals surface area contributed by atoms with Crippen LogP contribution in [-0.2, 0) is 4.79 Å². The van der Waals surface area contributed by atoms with Crippen molar-refractivity contribution in [2.24, 2.45) is 5.73 Å². The molecular weight excluding hydrogens is 429 g/mol. The second-order valence-electron chi connectivity index (χ2n) is 6.30. The number of benzene rings is 3. The Kier molecular flexibility index (Phi) is 8.63. The van der Waals surface area contributed by atoms with Crippen molar-refractivity contribution < 1.29 is 4.79 Å². The number of nitrogens with two attached hydrogens (primary N) is 1. The standard InChI is InChI=1S/C23H22NOP.CH3Br/c1-19(25)17-20(24)18-26(21-11-5-2-6-12-21,22-13-7-3-8-14-22)23-15-9-4-10-16-23;1-2/h2-17H,18H2,1H3,(H-,24,25);1H3/p+1. The van der Waals surface area contributed by atoms with E-state index in [2.05, 4.69) is 88.7 Å². The molecule has 0 aliphatic heterocycles. The molecule has 0 spiro atoms. The molecule has 0 radical (unpaired) electrons. The molecule has 2 N–H and O–H groups in total. The van der Waals surface area contributed by atoms with Crippen LogP contribution in [0.2, 0.25) is 0 Å². The molecule has 0 aliphatic carbocycles. The predicted molar refractivity (Wildman–Crippen MR) is 128 cm³/mol. The van der Waals surface area contributed by atoms with Gasteiger partial charge in [-0.15, -0.1) is 0 Å². The normalized spacial score (nSPS) is 11.3. The van der Waals surface area contributed by atoms with E-state index in [1.165, 1.54) is 15.9 Å². The summed E-state index contributed by atoms with van der Waals surface area (Å²) in [5.41, 5.74) is 6.97. The van der Waals surface area contributed by atoms with Gasteiger partial charge in [0.05, 0.1) is 5.70 Å². The summed E-state index contributed by atoms with van der Waals surface area (Å²) in [6.45, 7) is 1.54. The molecule has 0 saturated carbocycles. The van der Waals surface area contributed by atoms with Gasteiger partial charge in [-0.25, -0.2) is 0 Å². The third kappa shape index (κ3) is 5.19. The number of alkyl halides is 1. The number of hydrogen-bond acceptors (Lipinski definition) is 2. The minimum absolute atomic E-state index is 0.0187. The third-order valence-electron chi connectivity index (χ3n) is 4.40. The Morgan fingerprint density at radius 1 is 0.786 bits per heavy atom. The second-order valence-corrected chi connectivity index (χ2v) is 9.79. The molecule has 0 atom stereocenters. The highest BCUT2D eigenvalue weighted by atomic mass is 79.9. The molecule has 0 aliphatic rings. The fraction of sp³-hybridized carbons (Fsp3) is 0.125. The molecule has 0 saturated heterocycles. The van der Waals surface area contributed by atoms with E-state index in [4.69, 9.17) is 5.73 Å². The van der Waals surface area contributed by atoms with Crippen LogP contribution in [0, 0.1) is 0 Å². The highest BCUT2D eigenvalue weighted by Gasteiger charge is 2.45. The monoisotopic (exact) mass is 454 g/mol. The van der Waals surface area contributed by atoms with E-state index < -0.39 is 7.26 Å². The summed E-state index contributed by atoms with van der Waals surface area (Å²) in [6, 6.07) is 31.6. The van der Waals surface area contributed by atoms with Crippen LogP contribution in [0.15, 0.2) is 103 Å². The largest absolute Gasteiger partial charge is 0.399 e. The molecule has 3 aromatic carbocycles. The summed E-state index contributed by atoms with van der Waals surface area (Å²) in [7, 11) is -2.01. The summed E-state index contributed by atoms with van der Waals surface area (Å²) in [5, 5.41) is 3.78. The van der Waals surface area contributed by atoms with Gasteiger partial charge < -0.3 is 5.73 Å². The Hall–Kier alpha value is -2.22. The van der Waals surface area contributed by atoms with E-state index in [1.807, 2.05) is 24.0 Å². The van der Waals surface area contributed by atoms with Crippen molar-refractivity contribution in [1.82, 2.24) is 0 Å². The van der Waals surface area contributed by atoms with Crippen LogP contribution in [0.3, 0.4) is 0 Å². The van der Waals surface area contributed by atoms with Gasteiger partial charge in [-0.05, 0) is 49.2 Å². The fourth-order valence-corrected chi connectivity index (χ4v) is 7.47. The highest BCUT2D eigenvalue weighted by Crippen LogP contribution is 2.55. The van der Waals surface area contributed by atoms with E-state index in [0.29, 0.717) is 11.9 Å². The second kappa shape index (κ2) is 10.9. The first-order valence-corrected chi connectivity index (χ1v) is 12.6.